The highest BCUT2D eigenvalue weighted by Crippen LogP contribution is 2.24. The van der Waals surface area contributed by atoms with Gasteiger partial charge in [-0.2, -0.15) is 0 Å². The third-order valence-corrected chi connectivity index (χ3v) is 2.62. The van der Waals surface area contributed by atoms with Crippen molar-refractivity contribution in [3.8, 4) is 0 Å². The van der Waals surface area contributed by atoms with Gasteiger partial charge in [-0.05, 0) is 31.5 Å². The van der Waals surface area contributed by atoms with Crippen LogP contribution in [0.4, 0.5) is 4.39 Å². The molecule has 0 saturated carbocycles. The van der Waals surface area contributed by atoms with E-state index in [-0.39, 0.29) is 18.3 Å². The predicted octanol–water partition coefficient (Wildman–Crippen LogP) is 1.61. The van der Waals surface area contributed by atoms with Crippen molar-refractivity contribution in [1.29, 1.82) is 0 Å². The van der Waals surface area contributed by atoms with E-state index in [0.717, 1.165) is 0 Å². The summed E-state index contributed by atoms with van der Waals surface area (Å²) < 4.78 is 17.8. The van der Waals surface area contributed by atoms with Gasteiger partial charge in [0.25, 0.3) is 0 Å². The minimum absolute atomic E-state index is 0.122. The number of halogens is 1. The van der Waals surface area contributed by atoms with Crippen LogP contribution < -0.4 is 5.73 Å². The maximum absolute atomic E-state index is 12.8. The average molecular weight is 225 g/mol. The molecule has 88 valence electrons. The molecule has 3 nitrogen and oxygen atoms in total. The number of carbonyl (C=O) groups excluding carboxylic acids is 1. The first-order valence-electron chi connectivity index (χ1n) is 5.18. The Balaban J connectivity index is 3.04. The first-order valence-corrected chi connectivity index (χ1v) is 5.18. The van der Waals surface area contributed by atoms with Gasteiger partial charge in [-0.1, -0.05) is 12.1 Å². The van der Waals surface area contributed by atoms with E-state index in [9.17, 15) is 9.18 Å². The van der Waals surface area contributed by atoms with Gasteiger partial charge in [0.1, 0.15) is 11.2 Å². The van der Waals surface area contributed by atoms with E-state index in [4.69, 9.17) is 10.5 Å². The zero-order valence-corrected chi connectivity index (χ0v) is 9.50. The monoisotopic (exact) mass is 225 g/mol. The quantitative estimate of drug-likeness (QED) is 0.792. The highest BCUT2D eigenvalue weighted by Gasteiger charge is 2.35. The largest absolute Gasteiger partial charge is 0.465 e. The zero-order valence-electron chi connectivity index (χ0n) is 9.50. The molecule has 0 heterocycles. The van der Waals surface area contributed by atoms with E-state index in [1.807, 2.05) is 0 Å². The summed E-state index contributed by atoms with van der Waals surface area (Å²) in [5.41, 5.74) is 5.36. The van der Waals surface area contributed by atoms with Crippen LogP contribution in [0.1, 0.15) is 19.4 Å². The Morgan fingerprint density at radius 3 is 2.44 bits per heavy atom. The molecule has 4 heteroatoms. The molecule has 0 fully saturated rings. The van der Waals surface area contributed by atoms with Crippen LogP contribution in [0.2, 0.25) is 0 Å². The van der Waals surface area contributed by atoms with Crippen LogP contribution in [-0.4, -0.2) is 19.1 Å². The third kappa shape index (κ3) is 2.39. The summed E-state index contributed by atoms with van der Waals surface area (Å²) in [5.74, 6) is -0.726. The molecule has 0 aliphatic carbocycles. The van der Waals surface area contributed by atoms with Crippen molar-refractivity contribution in [1.82, 2.24) is 0 Å². The standard InChI is InChI=1S/C12H16FNO2/c1-3-16-11(15)12(2,8-14)9-4-6-10(13)7-5-9/h4-7H,3,8,14H2,1-2H3. The Kier molecular flexibility index (Phi) is 4.01. The van der Waals surface area contributed by atoms with E-state index < -0.39 is 5.41 Å². The van der Waals surface area contributed by atoms with Gasteiger partial charge in [0, 0.05) is 6.54 Å². The molecule has 0 amide bonds. The topological polar surface area (TPSA) is 52.3 Å². The Bertz CT molecular complexity index is 364. The molecule has 1 aromatic rings. The number of benzene rings is 1. The summed E-state index contributed by atoms with van der Waals surface area (Å²) in [5, 5.41) is 0. The Morgan fingerprint density at radius 1 is 1.44 bits per heavy atom. The molecular weight excluding hydrogens is 209 g/mol. The second kappa shape index (κ2) is 5.07. The smallest absolute Gasteiger partial charge is 0.317 e. The molecule has 2 N–H and O–H groups in total. The lowest BCUT2D eigenvalue weighted by Crippen LogP contribution is -2.41. The first kappa shape index (κ1) is 12.6. The highest BCUT2D eigenvalue weighted by atomic mass is 19.1. The highest BCUT2D eigenvalue weighted by molar-refractivity contribution is 5.83. The van der Waals surface area contributed by atoms with Crippen molar-refractivity contribution in [2.75, 3.05) is 13.2 Å². The molecule has 16 heavy (non-hydrogen) atoms. The molecule has 0 aromatic heterocycles. The molecule has 1 rings (SSSR count). The third-order valence-electron chi connectivity index (χ3n) is 2.62. The van der Waals surface area contributed by atoms with Crippen molar-refractivity contribution in [2.45, 2.75) is 19.3 Å². The molecule has 0 spiro atoms. The van der Waals surface area contributed by atoms with Crippen LogP contribution in [0.3, 0.4) is 0 Å². The molecule has 1 unspecified atom stereocenters. The molecule has 0 saturated heterocycles. The lowest BCUT2D eigenvalue weighted by Gasteiger charge is -2.25. The van der Waals surface area contributed by atoms with E-state index in [2.05, 4.69) is 0 Å². The fourth-order valence-electron chi connectivity index (χ4n) is 1.43. The maximum Gasteiger partial charge on any atom is 0.317 e. The van der Waals surface area contributed by atoms with Gasteiger partial charge in [-0.3, -0.25) is 4.79 Å². The van der Waals surface area contributed by atoms with Gasteiger partial charge in [0.15, 0.2) is 0 Å². The summed E-state index contributed by atoms with van der Waals surface area (Å²) in [6.45, 7) is 3.85. The number of ether oxygens (including phenoxy) is 1. The molecule has 0 aliphatic heterocycles. The Labute approximate surface area is 94.4 Å². The van der Waals surface area contributed by atoms with Crippen LogP contribution >= 0.6 is 0 Å². The average Bonchev–Trinajstić information content (AvgIpc) is 2.29. The number of rotatable bonds is 4. The lowest BCUT2D eigenvalue weighted by atomic mass is 9.82. The number of hydrogen-bond acceptors (Lipinski definition) is 3. The van der Waals surface area contributed by atoms with Crippen molar-refractivity contribution in [3.05, 3.63) is 35.6 Å². The Hall–Kier alpha value is -1.42. The molecule has 1 aromatic carbocycles. The van der Waals surface area contributed by atoms with E-state index >= 15 is 0 Å². The number of nitrogens with two attached hydrogens (primary N) is 1. The van der Waals surface area contributed by atoms with Crippen LogP contribution in [0, 0.1) is 5.82 Å². The second-order valence-corrected chi connectivity index (χ2v) is 3.76. The fourth-order valence-corrected chi connectivity index (χ4v) is 1.43. The zero-order chi connectivity index (χ0) is 12.2. The molecule has 0 bridgehead atoms. The van der Waals surface area contributed by atoms with E-state index in [1.165, 1.54) is 12.1 Å². The van der Waals surface area contributed by atoms with Gasteiger partial charge in [-0.15, -0.1) is 0 Å². The van der Waals surface area contributed by atoms with E-state index in [0.29, 0.717) is 12.2 Å². The van der Waals surface area contributed by atoms with Gasteiger partial charge >= 0.3 is 5.97 Å². The SMILES string of the molecule is CCOC(=O)C(C)(CN)c1ccc(F)cc1. The van der Waals surface area contributed by atoms with E-state index in [1.54, 1.807) is 26.0 Å². The number of hydrogen-bond donors (Lipinski definition) is 1. The van der Waals surface area contributed by atoms with Gasteiger partial charge in [-0.25, -0.2) is 4.39 Å². The first-order chi connectivity index (χ1) is 7.54. The van der Waals surface area contributed by atoms with Crippen molar-refractivity contribution < 1.29 is 13.9 Å². The predicted molar refractivity (Wildman–Crippen MR) is 59.4 cm³/mol. The number of esters is 1. The van der Waals surface area contributed by atoms with Crippen LogP contribution in [0.25, 0.3) is 0 Å². The van der Waals surface area contributed by atoms with Crippen molar-refractivity contribution in [2.24, 2.45) is 5.73 Å². The molecular formula is C12H16FNO2. The normalized spacial score (nSPS) is 14.2. The molecule has 0 aliphatic rings. The minimum atomic E-state index is -0.913. The van der Waals surface area contributed by atoms with Crippen LogP contribution in [-0.2, 0) is 14.9 Å². The van der Waals surface area contributed by atoms with Crippen molar-refractivity contribution >= 4 is 5.97 Å². The van der Waals surface area contributed by atoms with Gasteiger partial charge in [0.2, 0.25) is 0 Å². The summed E-state index contributed by atoms with van der Waals surface area (Å²) >= 11 is 0. The minimum Gasteiger partial charge on any atom is -0.465 e. The molecule has 1 atom stereocenters. The maximum atomic E-state index is 12.8. The number of carbonyl (C=O) groups is 1. The second-order valence-electron chi connectivity index (χ2n) is 3.76. The Morgan fingerprint density at radius 2 is 2.00 bits per heavy atom. The molecule has 0 radical (unpaired) electrons. The fraction of sp³-hybridized carbons (Fsp3) is 0.417. The summed E-state index contributed by atoms with van der Waals surface area (Å²) in [6, 6.07) is 5.73. The summed E-state index contributed by atoms with van der Waals surface area (Å²) in [7, 11) is 0. The summed E-state index contributed by atoms with van der Waals surface area (Å²) in [4.78, 5) is 11.8. The van der Waals surface area contributed by atoms with Crippen LogP contribution in [0.15, 0.2) is 24.3 Å². The van der Waals surface area contributed by atoms with Gasteiger partial charge < -0.3 is 10.5 Å². The van der Waals surface area contributed by atoms with Crippen molar-refractivity contribution in [3.63, 3.8) is 0 Å². The van der Waals surface area contributed by atoms with Crippen LogP contribution in [0.5, 0.6) is 0 Å². The summed E-state index contributed by atoms with van der Waals surface area (Å²) in [6.07, 6.45) is 0. The van der Waals surface area contributed by atoms with Gasteiger partial charge in [0.05, 0.1) is 6.61 Å². The lowest BCUT2D eigenvalue weighted by molar-refractivity contribution is -0.149.